The summed E-state index contributed by atoms with van der Waals surface area (Å²) in [4.78, 5) is 11.4. The molecule has 0 spiro atoms. The molecule has 1 rings (SSSR count). The van der Waals surface area contributed by atoms with Gasteiger partial charge in [-0.1, -0.05) is 20.8 Å². The predicted molar refractivity (Wildman–Crippen MR) is 54.7 cm³/mol. The molecule has 0 aliphatic heterocycles. The fraction of sp³-hybridized carbons (Fsp3) is 0.400. The zero-order valence-electron chi connectivity index (χ0n) is 8.29. The second-order valence-electron chi connectivity index (χ2n) is 4.02. The van der Waals surface area contributed by atoms with E-state index in [-0.39, 0.29) is 11.0 Å². The number of aromatic carboxylic acids is 1. The van der Waals surface area contributed by atoms with Gasteiger partial charge in [-0.05, 0) is 5.41 Å². The Morgan fingerprint density at radius 3 is 2.50 bits per heavy atom. The van der Waals surface area contributed by atoms with Gasteiger partial charge in [0, 0.05) is 10.9 Å². The molecule has 3 nitrogen and oxygen atoms in total. The summed E-state index contributed by atoms with van der Waals surface area (Å²) >= 11 is 1.19. The van der Waals surface area contributed by atoms with Gasteiger partial charge < -0.3 is 5.11 Å². The van der Waals surface area contributed by atoms with Crippen LogP contribution in [0.4, 0.5) is 0 Å². The maximum atomic E-state index is 10.9. The van der Waals surface area contributed by atoms with Crippen LogP contribution in [0.15, 0.2) is 5.38 Å². The number of thiophene rings is 1. The van der Waals surface area contributed by atoms with Crippen LogP contribution < -0.4 is 0 Å². The highest BCUT2D eigenvalue weighted by Crippen LogP contribution is 2.33. The van der Waals surface area contributed by atoms with E-state index in [4.69, 9.17) is 10.4 Å². The number of rotatable bonds is 1. The molecule has 0 unspecified atom stereocenters. The van der Waals surface area contributed by atoms with Gasteiger partial charge in [-0.3, -0.25) is 0 Å². The first kappa shape index (κ1) is 10.7. The van der Waals surface area contributed by atoms with Crippen LogP contribution in [0.25, 0.3) is 0 Å². The Bertz CT molecular complexity index is 407. The number of hydrogen-bond acceptors (Lipinski definition) is 3. The maximum absolute atomic E-state index is 10.9. The van der Waals surface area contributed by atoms with Crippen molar-refractivity contribution >= 4 is 17.3 Å². The van der Waals surface area contributed by atoms with Gasteiger partial charge in [0.2, 0.25) is 0 Å². The third kappa shape index (κ3) is 1.78. The van der Waals surface area contributed by atoms with E-state index in [0.29, 0.717) is 10.4 Å². The highest BCUT2D eigenvalue weighted by molar-refractivity contribution is 7.11. The van der Waals surface area contributed by atoms with Crippen molar-refractivity contribution in [3.8, 4) is 6.07 Å². The molecule has 1 aromatic rings. The van der Waals surface area contributed by atoms with Crippen LogP contribution in [0, 0.1) is 11.3 Å². The monoisotopic (exact) mass is 209 g/mol. The molecular formula is C10H11NO2S. The minimum absolute atomic E-state index is 0.249. The van der Waals surface area contributed by atoms with E-state index in [2.05, 4.69) is 0 Å². The molecule has 74 valence electrons. The minimum atomic E-state index is -0.965. The van der Waals surface area contributed by atoms with Crippen LogP contribution in [-0.4, -0.2) is 11.1 Å². The van der Waals surface area contributed by atoms with Gasteiger partial charge in [-0.15, -0.1) is 11.3 Å². The Kier molecular flexibility index (Phi) is 2.63. The van der Waals surface area contributed by atoms with E-state index in [1.165, 1.54) is 16.7 Å². The largest absolute Gasteiger partial charge is 0.478 e. The molecule has 1 N–H and O–H groups in total. The summed E-state index contributed by atoms with van der Waals surface area (Å²) in [5.74, 6) is -0.965. The van der Waals surface area contributed by atoms with E-state index in [9.17, 15) is 4.79 Å². The topological polar surface area (TPSA) is 61.1 Å². The van der Waals surface area contributed by atoms with E-state index in [1.807, 2.05) is 26.8 Å². The third-order valence-electron chi connectivity index (χ3n) is 1.87. The van der Waals surface area contributed by atoms with E-state index in [0.717, 1.165) is 0 Å². The van der Waals surface area contributed by atoms with Crippen molar-refractivity contribution in [1.29, 1.82) is 5.26 Å². The number of nitrogens with zero attached hydrogens (tertiary/aromatic N) is 1. The second-order valence-corrected chi connectivity index (χ2v) is 4.90. The first-order chi connectivity index (χ1) is 6.38. The lowest BCUT2D eigenvalue weighted by molar-refractivity contribution is 0.0695. The van der Waals surface area contributed by atoms with Crippen LogP contribution in [0.2, 0.25) is 0 Å². The Hall–Kier alpha value is -1.34. The molecule has 0 amide bonds. The molecule has 1 heterocycles. The van der Waals surface area contributed by atoms with E-state index in [1.54, 1.807) is 0 Å². The quantitative estimate of drug-likeness (QED) is 0.773. The van der Waals surface area contributed by atoms with Crippen LogP contribution in [-0.2, 0) is 5.41 Å². The lowest BCUT2D eigenvalue weighted by Gasteiger charge is -2.18. The van der Waals surface area contributed by atoms with Crippen LogP contribution >= 0.6 is 11.3 Å². The molecule has 0 bridgehead atoms. The molecule has 0 radical (unpaired) electrons. The van der Waals surface area contributed by atoms with Crippen molar-refractivity contribution in [3.05, 3.63) is 21.4 Å². The fourth-order valence-corrected chi connectivity index (χ4v) is 2.38. The highest BCUT2D eigenvalue weighted by Gasteiger charge is 2.26. The SMILES string of the molecule is CC(C)(C)c1c(C(=O)O)csc1C#N. The molecule has 0 aliphatic rings. The van der Waals surface area contributed by atoms with Gasteiger partial charge in [-0.25, -0.2) is 4.79 Å². The van der Waals surface area contributed by atoms with Gasteiger partial charge in [0.1, 0.15) is 10.9 Å². The zero-order chi connectivity index (χ0) is 10.9. The standard InChI is InChI=1S/C10H11NO2S/c1-10(2,3)8-6(9(12)13)5-14-7(8)4-11/h5H,1-3H3,(H,12,13). The zero-order valence-corrected chi connectivity index (χ0v) is 9.10. The van der Waals surface area contributed by atoms with Crippen LogP contribution in [0.1, 0.15) is 41.6 Å². The summed E-state index contributed by atoms with van der Waals surface area (Å²) < 4.78 is 0. The van der Waals surface area contributed by atoms with Gasteiger partial charge in [-0.2, -0.15) is 5.26 Å². The summed E-state index contributed by atoms with van der Waals surface area (Å²) in [6.07, 6.45) is 0. The Morgan fingerprint density at radius 2 is 2.14 bits per heavy atom. The van der Waals surface area contributed by atoms with Crippen molar-refractivity contribution in [2.24, 2.45) is 0 Å². The van der Waals surface area contributed by atoms with E-state index < -0.39 is 5.97 Å². The van der Waals surface area contributed by atoms with Gasteiger partial charge in [0.05, 0.1) is 5.56 Å². The molecule has 0 atom stereocenters. The van der Waals surface area contributed by atoms with Crippen molar-refractivity contribution in [2.75, 3.05) is 0 Å². The van der Waals surface area contributed by atoms with Crippen LogP contribution in [0.5, 0.6) is 0 Å². The number of carboxylic acid groups (broad SMARTS) is 1. The molecule has 1 aromatic heterocycles. The number of hydrogen-bond donors (Lipinski definition) is 1. The van der Waals surface area contributed by atoms with Gasteiger partial charge in [0.25, 0.3) is 0 Å². The lowest BCUT2D eigenvalue weighted by Crippen LogP contribution is -2.16. The Morgan fingerprint density at radius 1 is 1.57 bits per heavy atom. The number of nitriles is 1. The Labute approximate surface area is 86.6 Å². The molecule has 4 heteroatoms. The van der Waals surface area contributed by atoms with Crippen molar-refractivity contribution in [2.45, 2.75) is 26.2 Å². The average Bonchev–Trinajstić information content (AvgIpc) is 2.45. The molecule has 14 heavy (non-hydrogen) atoms. The van der Waals surface area contributed by atoms with E-state index >= 15 is 0 Å². The summed E-state index contributed by atoms with van der Waals surface area (Å²) in [6, 6.07) is 2.03. The maximum Gasteiger partial charge on any atom is 0.336 e. The summed E-state index contributed by atoms with van der Waals surface area (Å²) in [5, 5.41) is 19.3. The normalized spacial score (nSPS) is 11.0. The summed E-state index contributed by atoms with van der Waals surface area (Å²) in [7, 11) is 0. The number of carboxylic acids is 1. The molecule has 0 fully saturated rings. The summed E-state index contributed by atoms with van der Waals surface area (Å²) in [5.41, 5.74) is 0.579. The minimum Gasteiger partial charge on any atom is -0.478 e. The third-order valence-corrected chi connectivity index (χ3v) is 2.76. The van der Waals surface area contributed by atoms with Crippen molar-refractivity contribution in [3.63, 3.8) is 0 Å². The fourth-order valence-electron chi connectivity index (χ4n) is 1.34. The molecular weight excluding hydrogens is 198 g/mol. The average molecular weight is 209 g/mol. The van der Waals surface area contributed by atoms with Gasteiger partial charge in [0.15, 0.2) is 0 Å². The second kappa shape index (κ2) is 3.43. The first-order valence-electron chi connectivity index (χ1n) is 4.13. The van der Waals surface area contributed by atoms with Crippen LogP contribution in [0.3, 0.4) is 0 Å². The Balaban J connectivity index is 3.44. The molecule has 0 saturated carbocycles. The van der Waals surface area contributed by atoms with Crippen molar-refractivity contribution < 1.29 is 9.90 Å². The molecule has 0 aromatic carbocycles. The lowest BCUT2D eigenvalue weighted by atomic mass is 9.84. The van der Waals surface area contributed by atoms with Crippen molar-refractivity contribution in [1.82, 2.24) is 0 Å². The first-order valence-corrected chi connectivity index (χ1v) is 5.01. The van der Waals surface area contributed by atoms with Gasteiger partial charge >= 0.3 is 5.97 Å². The number of carbonyl (C=O) groups is 1. The molecule has 0 saturated heterocycles. The smallest absolute Gasteiger partial charge is 0.336 e. The highest BCUT2D eigenvalue weighted by atomic mass is 32.1. The molecule has 0 aliphatic carbocycles. The predicted octanol–water partition coefficient (Wildman–Crippen LogP) is 2.62. The summed E-state index contributed by atoms with van der Waals surface area (Å²) in [6.45, 7) is 5.72.